The summed E-state index contributed by atoms with van der Waals surface area (Å²) in [6.45, 7) is 1.59. The Balaban J connectivity index is 1.43. The average molecular weight is 605 g/mol. The van der Waals surface area contributed by atoms with Gasteiger partial charge in [-0.2, -0.15) is 23.1 Å². The van der Waals surface area contributed by atoms with Gasteiger partial charge in [0.25, 0.3) is 0 Å². The lowest BCUT2D eigenvalue weighted by molar-refractivity contribution is -0.198. The van der Waals surface area contributed by atoms with Crippen LogP contribution in [-0.4, -0.2) is 58.8 Å². The molecule has 3 aromatic rings. The molecule has 2 saturated heterocycles. The highest BCUT2D eigenvalue weighted by Gasteiger charge is 2.46. The second-order valence-electron chi connectivity index (χ2n) is 10.6. The first kappa shape index (κ1) is 29.4. The molecule has 1 aromatic heterocycles. The van der Waals surface area contributed by atoms with Gasteiger partial charge in [-0.3, -0.25) is 9.59 Å². The number of carboxylic acid groups (broad SMARTS) is 1. The van der Waals surface area contributed by atoms with Crippen molar-refractivity contribution in [3.05, 3.63) is 64.7 Å². The summed E-state index contributed by atoms with van der Waals surface area (Å²) in [4.78, 5) is 33.1. The van der Waals surface area contributed by atoms with E-state index >= 15 is 0 Å². The number of primary amides is 1. The van der Waals surface area contributed by atoms with Gasteiger partial charge in [-0.05, 0) is 60.1 Å². The van der Waals surface area contributed by atoms with Gasteiger partial charge in [0.15, 0.2) is 0 Å². The Labute approximate surface area is 243 Å². The zero-order valence-corrected chi connectivity index (χ0v) is 23.0. The normalized spacial score (nSPS) is 19.0. The molecular formula is C28H28ClF3N6O4. The average Bonchev–Trinajstić information content (AvgIpc) is 3.35. The fourth-order valence-electron chi connectivity index (χ4n) is 5.61. The van der Waals surface area contributed by atoms with Crippen LogP contribution >= 0.6 is 11.6 Å². The lowest BCUT2D eigenvalue weighted by atomic mass is 9.76. The number of ether oxygens (including phenoxy) is 1. The minimum atomic E-state index is -4.88. The van der Waals surface area contributed by atoms with Crippen LogP contribution < -0.4 is 26.4 Å². The molecular weight excluding hydrogens is 577 g/mol. The van der Waals surface area contributed by atoms with Gasteiger partial charge in [0.05, 0.1) is 0 Å². The van der Waals surface area contributed by atoms with Crippen LogP contribution in [0.15, 0.2) is 48.5 Å². The van der Waals surface area contributed by atoms with E-state index in [1.165, 1.54) is 48.5 Å². The van der Waals surface area contributed by atoms with Crippen LogP contribution in [0.4, 0.5) is 24.9 Å². The SMILES string of the molecule is NC(=O)c1cccc(-c2cc(Cl)ccc2[C@@H](Oc2cc(N3CCC4(CC3)CNC(C(=O)O)C4)nc(N)n2)C(F)(F)F)c1. The van der Waals surface area contributed by atoms with Crippen LogP contribution in [0, 0.1) is 5.41 Å². The first-order chi connectivity index (χ1) is 19.8. The van der Waals surface area contributed by atoms with Crippen molar-refractivity contribution in [1.29, 1.82) is 0 Å². The van der Waals surface area contributed by atoms with Crippen LogP contribution in [-0.2, 0) is 4.79 Å². The Bertz CT molecular complexity index is 1510. The highest BCUT2D eigenvalue weighted by atomic mass is 35.5. The number of benzene rings is 2. The summed E-state index contributed by atoms with van der Waals surface area (Å²) in [6.07, 6.45) is -5.49. The zero-order valence-electron chi connectivity index (χ0n) is 22.2. The lowest BCUT2D eigenvalue weighted by Crippen LogP contribution is -2.41. The molecule has 6 N–H and O–H groups in total. The summed E-state index contributed by atoms with van der Waals surface area (Å²) < 4.78 is 49.1. The molecule has 1 unspecified atom stereocenters. The van der Waals surface area contributed by atoms with Crippen LogP contribution in [0.2, 0.25) is 5.02 Å². The number of nitrogen functional groups attached to an aromatic ring is 1. The number of carboxylic acids is 1. The minimum absolute atomic E-state index is 0.0985. The number of amides is 1. The van der Waals surface area contributed by atoms with Gasteiger partial charge in [0, 0.05) is 41.9 Å². The highest BCUT2D eigenvalue weighted by molar-refractivity contribution is 6.30. The Hall–Kier alpha value is -4.10. The Morgan fingerprint density at radius 1 is 1.14 bits per heavy atom. The molecule has 2 fully saturated rings. The van der Waals surface area contributed by atoms with Crippen molar-refractivity contribution < 1.29 is 32.6 Å². The van der Waals surface area contributed by atoms with Crippen molar-refractivity contribution in [2.75, 3.05) is 30.3 Å². The van der Waals surface area contributed by atoms with Gasteiger partial charge in [-0.15, -0.1) is 0 Å². The third-order valence-electron chi connectivity index (χ3n) is 7.81. The van der Waals surface area contributed by atoms with Gasteiger partial charge in [0.2, 0.25) is 23.8 Å². The molecule has 5 rings (SSSR count). The number of carbonyl (C=O) groups is 2. The first-order valence-electron chi connectivity index (χ1n) is 13.1. The summed E-state index contributed by atoms with van der Waals surface area (Å²) in [5, 5.41) is 12.6. The number of nitrogens with zero attached hydrogens (tertiary/aromatic N) is 3. The van der Waals surface area contributed by atoms with Gasteiger partial charge in [-0.25, -0.2) is 0 Å². The number of aromatic nitrogens is 2. The third-order valence-corrected chi connectivity index (χ3v) is 8.04. The van der Waals surface area contributed by atoms with Gasteiger partial charge in [-0.1, -0.05) is 29.8 Å². The number of nitrogens with one attached hydrogen (secondary N) is 1. The molecule has 0 saturated carbocycles. The van der Waals surface area contributed by atoms with E-state index in [4.69, 9.17) is 27.8 Å². The standard InChI is InChI=1S/C28H28ClF3N6O4/c29-17-4-5-18(19(11-17)15-2-1-3-16(10-15)24(33)39)23(28(30,31)32)42-22-12-21(36-26(34)37-22)38-8-6-27(7-9-38)13-20(25(40)41)35-14-27/h1-5,10-12,20,23,35H,6-9,13-14H2,(H2,33,39)(H,40,41)(H2,34,36,37)/t20?,23-/m1/s1. The number of halogens is 4. The fraction of sp³-hybridized carbons (Fsp3) is 0.357. The molecule has 2 aliphatic rings. The van der Waals surface area contributed by atoms with E-state index in [0.29, 0.717) is 50.3 Å². The maximum atomic E-state index is 14.5. The topological polar surface area (TPSA) is 157 Å². The number of piperidine rings is 1. The van der Waals surface area contributed by atoms with Crippen molar-refractivity contribution in [3.63, 3.8) is 0 Å². The van der Waals surface area contributed by atoms with E-state index in [1.807, 2.05) is 4.90 Å². The first-order valence-corrected chi connectivity index (χ1v) is 13.5. The molecule has 0 radical (unpaired) electrons. The molecule has 2 atom stereocenters. The van der Waals surface area contributed by atoms with Crippen molar-refractivity contribution in [3.8, 4) is 17.0 Å². The van der Waals surface area contributed by atoms with Crippen molar-refractivity contribution in [2.24, 2.45) is 11.1 Å². The number of nitrogens with two attached hydrogens (primary N) is 2. The van der Waals surface area contributed by atoms with E-state index in [9.17, 15) is 27.9 Å². The van der Waals surface area contributed by atoms with Crippen LogP contribution in [0.25, 0.3) is 11.1 Å². The molecule has 10 nitrogen and oxygen atoms in total. The Morgan fingerprint density at radius 2 is 1.88 bits per heavy atom. The van der Waals surface area contributed by atoms with Gasteiger partial charge < -0.3 is 31.5 Å². The molecule has 14 heteroatoms. The summed E-state index contributed by atoms with van der Waals surface area (Å²) in [6, 6.07) is 10.5. The molecule has 1 amide bonds. The number of hydrogen-bond acceptors (Lipinski definition) is 8. The Morgan fingerprint density at radius 3 is 2.52 bits per heavy atom. The maximum Gasteiger partial charge on any atom is 0.429 e. The van der Waals surface area contributed by atoms with E-state index < -0.39 is 30.2 Å². The van der Waals surface area contributed by atoms with Crippen LogP contribution in [0.3, 0.4) is 0 Å². The number of alkyl halides is 3. The van der Waals surface area contributed by atoms with Crippen molar-refractivity contribution in [2.45, 2.75) is 37.6 Å². The van der Waals surface area contributed by atoms with Gasteiger partial charge >= 0.3 is 12.1 Å². The summed E-state index contributed by atoms with van der Waals surface area (Å²) >= 11 is 6.15. The number of carbonyl (C=O) groups excluding carboxylic acids is 1. The van der Waals surface area contributed by atoms with E-state index in [2.05, 4.69) is 15.3 Å². The van der Waals surface area contributed by atoms with Gasteiger partial charge in [0.1, 0.15) is 11.9 Å². The van der Waals surface area contributed by atoms with E-state index in [-0.39, 0.29) is 39.0 Å². The number of anilines is 2. The monoisotopic (exact) mass is 604 g/mol. The number of hydrogen-bond donors (Lipinski definition) is 4. The molecule has 222 valence electrons. The van der Waals surface area contributed by atoms with Crippen molar-refractivity contribution in [1.82, 2.24) is 15.3 Å². The van der Waals surface area contributed by atoms with Crippen LogP contribution in [0.1, 0.15) is 41.3 Å². The number of aliphatic carboxylic acids is 1. The molecule has 42 heavy (non-hydrogen) atoms. The van der Waals surface area contributed by atoms with Crippen LogP contribution in [0.5, 0.6) is 5.88 Å². The molecule has 2 aromatic carbocycles. The third kappa shape index (κ3) is 6.21. The predicted molar refractivity (Wildman–Crippen MR) is 149 cm³/mol. The highest BCUT2D eigenvalue weighted by Crippen LogP contribution is 2.43. The Kier molecular flexibility index (Phi) is 7.90. The second kappa shape index (κ2) is 11.3. The summed E-state index contributed by atoms with van der Waals surface area (Å²) in [5.41, 5.74) is 11.3. The molecule has 0 bridgehead atoms. The number of rotatable bonds is 7. The van der Waals surface area contributed by atoms with Crippen molar-refractivity contribution >= 4 is 35.2 Å². The lowest BCUT2D eigenvalue weighted by Gasteiger charge is -2.39. The zero-order chi connectivity index (χ0) is 30.2. The molecule has 2 aliphatic heterocycles. The predicted octanol–water partition coefficient (Wildman–Crippen LogP) is 4.19. The molecule has 1 spiro atoms. The fourth-order valence-corrected chi connectivity index (χ4v) is 5.78. The van der Waals surface area contributed by atoms with E-state index in [1.54, 1.807) is 0 Å². The minimum Gasteiger partial charge on any atom is -0.480 e. The smallest absolute Gasteiger partial charge is 0.429 e. The van der Waals surface area contributed by atoms with E-state index in [0.717, 1.165) is 0 Å². The summed E-state index contributed by atoms with van der Waals surface area (Å²) in [7, 11) is 0. The quantitative estimate of drug-likeness (QED) is 0.310. The summed E-state index contributed by atoms with van der Waals surface area (Å²) in [5.74, 6) is -1.95. The second-order valence-corrected chi connectivity index (χ2v) is 11.0. The molecule has 3 heterocycles. The molecule has 0 aliphatic carbocycles. The maximum absolute atomic E-state index is 14.5. The largest absolute Gasteiger partial charge is 0.480 e.